The molecule has 2 aromatic rings. The molecule has 0 atom stereocenters. The normalized spacial score (nSPS) is 10.2. The smallest absolute Gasteiger partial charge is 0.312 e. The number of hydrogen-bond donors (Lipinski definition) is 1. The number of carbonyl (C=O) groups excluding carboxylic acids is 1. The number of benzene rings is 2. The van der Waals surface area contributed by atoms with Crippen LogP contribution in [0.1, 0.15) is 5.56 Å². The second-order valence-electron chi connectivity index (χ2n) is 4.96. The summed E-state index contributed by atoms with van der Waals surface area (Å²) in [6.45, 7) is 1.16. The molecule has 130 valence electrons. The zero-order valence-corrected chi connectivity index (χ0v) is 13.6. The monoisotopic (exact) mass is 365 g/mol. The molecule has 10 heteroatoms. The molecule has 0 aliphatic carbocycles. The highest BCUT2D eigenvalue weighted by atomic mass is 35.5. The molecule has 0 aliphatic rings. The molecule has 0 radical (unpaired) electrons. The maximum absolute atomic E-state index is 12.0. The highest BCUT2D eigenvalue weighted by Crippen LogP contribution is 2.30. The van der Waals surface area contributed by atoms with E-state index in [2.05, 4.69) is 5.32 Å². The Kier molecular flexibility index (Phi) is 5.50. The molecular formula is C15H12ClN3O6. The molecule has 9 nitrogen and oxygen atoms in total. The molecule has 2 rings (SSSR count). The summed E-state index contributed by atoms with van der Waals surface area (Å²) >= 11 is 5.69. The van der Waals surface area contributed by atoms with Crippen molar-refractivity contribution in [1.29, 1.82) is 0 Å². The van der Waals surface area contributed by atoms with Crippen molar-refractivity contribution in [3.8, 4) is 5.75 Å². The fraction of sp³-hybridized carbons (Fsp3) is 0.133. The number of nitrogens with one attached hydrogen (secondary N) is 1. The molecule has 0 unspecified atom stereocenters. The number of nitro benzene ring substituents is 2. The molecular weight excluding hydrogens is 354 g/mol. The molecule has 1 amide bonds. The van der Waals surface area contributed by atoms with Gasteiger partial charge in [-0.1, -0.05) is 17.7 Å². The Hall–Kier alpha value is -3.20. The number of rotatable bonds is 6. The molecule has 0 fully saturated rings. The molecule has 1 N–H and O–H groups in total. The van der Waals surface area contributed by atoms with Crippen LogP contribution in [-0.2, 0) is 4.79 Å². The number of ether oxygens (including phenoxy) is 1. The second-order valence-corrected chi connectivity index (χ2v) is 5.40. The van der Waals surface area contributed by atoms with E-state index in [1.807, 2.05) is 0 Å². The fourth-order valence-electron chi connectivity index (χ4n) is 1.94. The Morgan fingerprint density at radius 2 is 1.88 bits per heavy atom. The van der Waals surface area contributed by atoms with E-state index in [9.17, 15) is 25.0 Å². The first-order chi connectivity index (χ1) is 11.8. The van der Waals surface area contributed by atoms with Crippen molar-refractivity contribution in [2.75, 3.05) is 11.9 Å². The average molecular weight is 366 g/mol. The summed E-state index contributed by atoms with van der Waals surface area (Å²) in [5, 5.41) is 24.4. The Bertz CT molecular complexity index is 855. The second kappa shape index (κ2) is 7.58. The maximum Gasteiger partial charge on any atom is 0.312 e. The van der Waals surface area contributed by atoms with Crippen molar-refractivity contribution in [3.63, 3.8) is 0 Å². The van der Waals surface area contributed by atoms with Crippen LogP contribution in [-0.4, -0.2) is 22.4 Å². The summed E-state index contributed by atoms with van der Waals surface area (Å²) in [6.07, 6.45) is 0. The Morgan fingerprint density at radius 1 is 1.16 bits per heavy atom. The third kappa shape index (κ3) is 4.64. The molecule has 0 bridgehead atoms. The largest absolute Gasteiger partial charge is 0.477 e. The van der Waals surface area contributed by atoms with Crippen molar-refractivity contribution in [1.82, 2.24) is 0 Å². The van der Waals surface area contributed by atoms with E-state index in [1.54, 1.807) is 6.92 Å². The molecule has 25 heavy (non-hydrogen) atoms. The van der Waals surface area contributed by atoms with Crippen LogP contribution in [0.25, 0.3) is 0 Å². The van der Waals surface area contributed by atoms with Gasteiger partial charge in [0, 0.05) is 23.2 Å². The number of anilines is 1. The Morgan fingerprint density at radius 3 is 2.52 bits per heavy atom. The SMILES string of the molecule is Cc1ccc([N+](=O)[O-])cc1NC(=O)COc1ccc(Cl)cc1[N+](=O)[O-]. The van der Waals surface area contributed by atoms with Crippen LogP contribution >= 0.6 is 11.6 Å². The first-order valence-electron chi connectivity index (χ1n) is 6.89. The summed E-state index contributed by atoms with van der Waals surface area (Å²) in [5.41, 5.74) is 0.340. The zero-order chi connectivity index (χ0) is 18.6. The molecule has 0 saturated carbocycles. The van der Waals surface area contributed by atoms with E-state index >= 15 is 0 Å². The topological polar surface area (TPSA) is 125 Å². The number of nitrogens with zero attached hydrogens (tertiary/aromatic N) is 2. The van der Waals surface area contributed by atoms with Crippen molar-refractivity contribution in [2.24, 2.45) is 0 Å². The number of aryl methyl sites for hydroxylation is 1. The average Bonchev–Trinajstić information content (AvgIpc) is 2.55. The Balaban J connectivity index is 2.08. The van der Waals surface area contributed by atoms with Gasteiger partial charge in [-0.15, -0.1) is 0 Å². The van der Waals surface area contributed by atoms with Gasteiger partial charge in [0.05, 0.1) is 15.5 Å². The lowest BCUT2D eigenvalue weighted by atomic mass is 10.2. The number of hydrogen-bond acceptors (Lipinski definition) is 6. The molecule has 0 saturated heterocycles. The van der Waals surface area contributed by atoms with Gasteiger partial charge in [0.2, 0.25) is 0 Å². The standard InChI is InChI=1S/C15H12ClN3O6/c1-9-2-4-11(18(21)22)7-12(9)17-15(20)8-25-14-5-3-10(16)6-13(14)19(23)24/h2-7H,8H2,1H3,(H,17,20). The first-order valence-corrected chi connectivity index (χ1v) is 7.27. The summed E-state index contributed by atoms with van der Waals surface area (Å²) in [4.78, 5) is 32.4. The lowest BCUT2D eigenvalue weighted by Crippen LogP contribution is -2.21. The molecule has 0 aliphatic heterocycles. The van der Waals surface area contributed by atoms with Crippen molar-refractivity contribution >= 4 is 34.6 Å². The lowest BCUT2D eigenvalue weighted by Gasteiger charge is -2.10. The third-order valence-corrected chi connectivity index (χ3v) is 3.42. The van der Waals surface area contributed by atoms with Gasteiger partial charge in [-0.05, 0) is 24.6 Å². The van der Waals surface area contributed by atoms with Crippen molar-refractivity contribution < 1.29 is 19.4 Å². The highest BCUT2D eigenvalue weighted by molar-refractivity contribution is 6.30. The number of non-ortho nitro benzene ring substituents is 1. The van der Waals surface area contributed by atoms with Gasteiger partial charge in [-0.2, -0.15) is 0 Å². The first kappa shape index (κ1) is 18.1. The molecule has 2 aromatic carbocycles. The van der Waals surface area contributed by atoms with E-state index < -0.39 is 22.4 Å². The summed E-state index contributed by atoms with van der Waals surface area (Å²) in [6, 6.07) is 7.83. The number of carbonyl (C=O) groups is 1. The summed E-state index contributed by atoms with van der Waals surface area (Å²) in [7, 11) is 0. The number of nitro groups is 2. The van der Waals surface area contributed by atoms with Crippen LogP contribution < -0.4 is 10.1 Å². The molecule has 0 heterocycles. The van der Waals surface area contributed by atoms with Crippen LogP contribution in [0.5, 0.6) is 5.75 Å². The van der Waals surface area contributed by atoms with Gasteiger partial charge in [0.1, 0.15) is 0 Å². The third-order valence-electron chi connectivity index (χ3n) is 3.18. The predicted molar refractivity (Wildman–Crippen MR) is 90.1 cm³/mol. The fourth-order valence-corrected chi connectivity index (χ4v) is 2.11. The van der Waals surface area contributed by atoms with E-state index in [-0.39, 0.29) is 27.8 Å². The van der Waals surface area contributed by atoms with Gasteiger partial charge in [-0.3, -0.25) is 25.0 Å². The van der Waals surface area contributed by atoms with Crippen LogP contribution in [0.4, 0.5) is 17.1 Å². The summed E-state index contributed by atoms with van der Waals surface area (Å²) in [5.74, 6) is -0.729. The van der Waals surface area contributed by atoms with Crippen molar-refractivity contribution in [2.45, 2.75) is 6.92 Å². The number of halogens is 1. The maximum atomic E-state index is 12.0. The van der Waals surface area contributed by atoms with E-state index in [0.717, 1.165) is 6.07 Å². The summed E-state index contributed by atoms with van der Waals surface area (Å²) < 4.78 is 5.16. The van der Waals surface area contributed by atoms with Gasteiger partial charge >= 0.3 is 5.69 Å². The van der Waals surface area contributed by atoms with Crippen LogP contribution in [0.15, 0.2) is 36.4 Å². The predicted octanol–water partition coefficient (Wildman–Crippen LogP) is 3.48. The van der Waals surface area contributed by atoms with Crippen LogP contribution in [0.2, 0.25) is 5.02 Å². The minimum absolute atomic E-state index is 0.111. The minimum Gasteiger partial charge on any atom is -0.477 e. The van der Waals surface area contributed by atoms with Gasteiger partial charge in [0.15, 0.2) is 12.4 Å². The van der Waals surface area contributed by atoms with E-state index in [0.29, 0.717) is 5.56 Å². The van der Waals surface area contributed by atoms with Gasteiger partial charge in [0.25, 0.3) is 11.6 Å². The van der Waals surface area contributed by atoms with E-state index in [1.165, 1.54) is 30.3 Å². The van der Waals surface area contributed by atoms with Crippen molar-refractivity contribution in [3.05, 3.63) is 67.2 Å². The number of amides is 1. The van der Waals surface area contributed by atoms with E-state index in [4.69, 9.17) is 16.3 Å². The quantitative estimate of drug-likeness (QED) is 0.617. The Labute approximate surface area is 146 Å². The lowest BCUT2D eigenvalue weighted by molar-refractivity contribution is -0.385. The minimum atomic E-state index is -0.677. The van der Waals surface area contributed by atoms with Gasteiger partial charge < -0.3 is 10.1 Å². The molecule has 0 aromatic heterocycles. The van der Waals surface area contributed by atoms with Gasteiger partial charge in [-0.25, -0.2) is 0 Å². The highest BCUT2D eigenvalue weighted by Gasteiger charge is 2.17. The van der Waals surface area contributed by atoms with Crippen LogP contribution in [0.3, 0.4) is 0 Å². The molecule has 0 spiro atoms. The van der Waals surface area contributed by atoms with Crippen LogP contribution in [0, 0.1) is 27.2 Å². The zero-order valence-electron chi connectivity index (χ0n) is 12.9.